The number of benzene rings is 1. The number of aliphatic hydroxyl groups is 1. The Morgan fingerprint density at radius 2 is 1.95 bits per heavy atom. The van der Waals surface area contributed by atoms with Gasteiger partial charge < -0.3 is 15.3 Å². The number of hydrogen-bond donors (Lipinski definition) is 2. The van der Waals surface area contributed by atoms with Crippen LogP contribution in [0.2, 0.25) is 0 Å². The Balaban J connectivity index is 2.49. The van der Waals surface area contributed by atoms with Crippen LogP contribution in [-0.2, 0) is 4.79 Å². The first-order valence-corrected chi connectivity index (χ1v) is 6.80. The minimum atomic E-state index is -0.291. The topological polar surface area (TPSA) is 69.6 Å². The van der Waals surface area contributed by atoms with Gasteiger partial charge in [-0.3, -0.25) is 9.59 Å². The Morgan fingerprint density at radius 1 is 1.32 bits per heavy atom. The third kappa shape index (κ3) is 5.00. The molecule has 0 heterocycles. The third-order valence-corrected chi connectivity index (χ3v) is 3.14. The Hall–Kier alpha value is -1.40. The fourth-order valence-electron chi connectivity index (χ4n) is 1.55. The van der Waals surface area contributed by atoms with E-state index in [4.69, 9.17) is 5.11 Å². The highest BCUT2D eigenvalue weighted by Crippen LogP contribution is 2.10. The van der Waals surface area contributed by atoms with Gasteiger partial charge in [-0.1, -0.05) is 15.9 Å². The number of rotatable bonds is 6. The Morgan fingerprint density at radius 3 is 2.47 bits per heavy atom. The lowest BCUT2D eigenvalue weighted by Gasteiger charge is -2.19. The van der Waals surface area contributed by atoms with E-state index in [1.54, 1.807) is 24.3 Å². The summed E-state index contributed by atoms with van der Waals surface area (Å²) in [5, 5.41) is 11.4. The van der Waals surface area contributed by atoms with Crippen LogP contribution >= 0.6 is 15.9 Å². The molecule has 1 rings (SSSR count). The summed E-state index contributed by atoms with van der Waals surface area (Å²) >= 11 is 3.29. The summed E-state index contributed by atoms with van der Waals surface area (Å²) in [4.78, 5) is 25.0. The van der Waals surface area contributed by atoms with Gasteiger partial charge in [0.1, 0.15) is 0 Å². The van der Waals surface area contributed by atoms with Gasteiger partial charge >= 0.3 is 0 Å². The zero-order valence-corrected chi connectivity index (χ0v) is 12.3. The fourth-order valence-corrected chi connectivity index (χ4v) is 1.82. The normalized spacial score (nSPS) is 10.1. The summed E-state index contributed by atoms with van der Waals surface area (Å²) < 4.78 is 0.889. The molecule has 0 bridgehead atoms. The minimum Gasteiger partial charge on any atom is -0.395 e. The van der Waals surface area contributed by atoms with E-state index in [1.807, 2.05) is 6.92 Å². The molecule has 0 radical (unpaired) electrons. The van der Waals surface area contributed by atoms with Crippen molar-refractivity contribution >= 4 is 27.7 Å². The van der Waals surface area contributed by atoms with Crippen LogP contribution in [-0.4, -0.2) is 48.1 Å². The lowest BCUT2D eigenvalue weighted by Crippen LogP contribution is -2.41. The lowest BCUT2D eigenvalue weighted by atomic mass is 10.2. The van der Waals surface area contributed by atoms with Crippen LogP contribution in [0.5, 0.6) is 0 Å². The molecule has 1 aromatic carbocycles. The molecule has 0 spiro atoms. The molecule has 5 nitrogen and oxygen atoms in total. The number of amides is 2. The molecular weight excluding hydrogens is 312 g/mol. The largest absolute Gasteiger partial charge is 0.395 e. The van der Waals surface area contributed by atoms with Crippen molar-refractivity contribution in [2.45, 2.75) is 6.92 Å². The van der Waals surface area contributed by atoms with E-state index in [-0.39, 0.29) is 31.5 Å². The van der Waals surface area contributed by atoms with Crippen LogP contribution in [0.15, 0.2) is 28.7 Å². The molecule has 0 unspecified atom stereocenters. The third-order valence-electron chi connectivity index (χ3n) is 2.61. The summed E-state index contributed by atoms with van der Waals surface area (Å²) in [6.45, 7) is 2.46. The number of hydrogen-bond acceptors (Lipinski definition) is 3. The molecule has 0 aromatic heterocycles. The molecule has 19 heavy (non-hydrogen) atoms. The van der Waals surface area contributed by atoms with Crippen LogP contribution in [0, 0.1) is 0 Å². The van der Waals surface area contributed by atoms with E-state index in [0.29, 0.717) is 12.1 Å². The molecule has 0 saturated heterocycles. The molecular formula is C13H17BrN2O3. The van der Waals surface area contributed by atoms with Crippen molar-refractivity contribution in [1.82, 2.24) is 10.2 Å². The number of halogens is 1. The van der Waals surface area contributed by atoms with Crippen LogP contribution in [0.25, 0.3) is 0 Å². The van der Waals surface area contributed by atoms with Gasteiger partial charge in [-0.05, 0) is 31.2 Å². The maximum Gasteiger partial charge on any atom is 0.251 e. The van der Waals surface area contributed by atoms with Crippen molar-refractivity contribution in [3.63, 3.8) is 0 Å². The van der Waals surface area contributed by atoms with Crippen molar-refractivity contribution in [3.8, 4) is 0 Å². The highest BCUT2D eigenvalue weighted by atomic mass is 79.9. The van der Waals surface area contributed by atoms with E-state index >= 15 is 0 Å². The predicted molar refractivity (Wildman–Crippen MR) is 75.8 cm³/mol. The van der Waals surface area contributed by atoms with Crippen molar-refractivity contribution in [1.29, 1.82) is 0 Å². The van der Waals surface area contributed by atoms with Crippen molar-refractivity contribution in [3.05, 3.63) is 34.3 Å². The molecule has 0 saturated carbocycles. The Kier molecular flexibility index (Phi) is 6.52. The number of carbonyl (C=O) groups is 2. The standard InChI is InChI=1S/C13H17BrN2O3/c1-2-16(7-8-17)12(18)9-15-13(19)10-3-5-11(14)6-4-10/h3-6,17H,2,7-9H2,1H3,(H,15,19). The monoisotopic (exact) mass is 328 g/mol. The van der Waals surface area contributed by atoms with Gasteiger partial charge in [-0.15, -0.1) is 0 Å². The summed E-state index contributed by atoms with van der Waals surface area (Å²) in [6.07, 6.45) is 0. The van der Waals surface area contributed by atoms with E-state index < -0.39 is 0 Å². The number of aliphatic hydroxyl groups excluding tert-OH is 1. The minimum absolute atomic E-state index is 0.0667. The molecule has 104 valence electrons. The molecule has 0 aliphatic rings. The van der Waals surface area contributed by atoms with Gasteiger partial charge in [0.15, 0.2) is 0 Å². The fraction of sp³-hybridized carbons (Fsp3) is 0.385. The second-order valence-corrected chi connectivity index (χ2v) is 4.80. The molecule has 0 aliphatic heterocycles. The van der Waals surface area contributed by atoms with Crippen LogP contribution in [0.3, 0.4) is 0 Å². The molecule has 1 aromatic rings. The van der Waals surface area contributed by atoms with Gasteiger partial charge in [0, 0.05) is 23.1 Å². The van der Waals surface area contributed by atoms with Gasteiger partial charge in [0.25, 0.3) is 5.91 Å². The smallest absolute Gasteiger partial charge is 0.251 e. The number of carbonyl (C=O) groups excluding carboxylic acids is 2. The van der Waals surface area contributed by atoms with Gasteiger partial charge in [-0.2, -0.15) is 0 Å². The molecule has 0 fully saturated rings. The zero-order valence-electron chi connectivity index (χ0n) is 10.7. The predicted octanol–water partition coefficient (Wildman–Crippen LogP) is 1.02. The molecule has 2 N–H and O–H groups in total. The second-order valence-electron chi connectivity index (χ2n) is 3.89. The molecule has 0 aliphatic carbocycles. The van der Waals surface area contributed by atoms with Crippen LogP contribution in [0.4, 0.5) is 0 Å². The second kappa shape index (κ2) is 7.91. The highest BCUT2D eigenvalue weighted by Gasteiger charge is 2.12. The number of nitrogens with zero attached hydrogens (tertiary/aromatic N) is 1. The first-order chi connectivity index (χ1) is 9.08. The average Bonchev–Trinajstić information content (AvgIpc) is 2.42. The Bertz CT molecular complexity index is 434. The average molecular weight is 329 g/mol. The van der Waals surface area contributed by atoms with Crippen LogP contribution in [0.1, 0.15) is 17.3 Å². The zero-order chi connectivity index (χ0) is 14.3. The summed E-state index contributed by atoms with van der Waals surface area (Å²) in [7, 11) is 0. The molecule has 6 heteroatoms. The SMILES string of the molecule is CCN(CCO)C(=O)CNC(=O)c1ccc(Br)cc1. The highest BCUT2D eigenvalue weighted by molar-refractivity contribution is 9.10. The first kappa shape index (κ1) is 15.7. The van der Waals surface area contributed by atoms with Crippen molar-refractivity contribution < 1.29 is 14.7 Å². The van der Waals surface area contributed by atoms with E-state index in [1.165, 1.54) is 4.90 Å². The maximum absolute atomic E-state index is 11.8. The van der Waals surface area contributed by atoms with Gasteiger partial charge in [0.2, 0.25) is 5.91 Å². The van der Waals surface area contributed by atoms with E-state index in [0.717, 1.165) is 4.47 Å². The molecule has 2 amide bonds. The summed E-state index contributed by atoms with van der Waals surface area (Å²) in [6, 6.07) is 6.88. The van der Waals surface area contributed by atoms with Crippen molar-refractivity contribution in [2.24, 2.45) is 0 Å². The summed E-state index contributed by atoms with van der Waals surface area (Å²) in [5.41, 5.74) is 0.501. The van der Waals surface area contributed by atoms with Crippen LogP contribution < -0.4 is 5.32 Å². The Labute approximate surface area is 120 Å². The number of nitrogens with one attached hydrogen (secondary N) is 1. The maximum atomic E-state index is 11.8. The quantitative estimate of drug-likeness (QED) is 0.819. The molecule has 0 atom stereocenters. The first-order valence-electron chi connectivity index (χ1n) is 6.01. The summed E-state index contributed by atoms with van der Waals surface area (Å²) in [5.74, 6) is -0.497. The van der Waals surface area contributed by atoms with Gasteiger partial charge in [0.05, 0.1) is 13.2 Å². The van der Waals surface area contributed by atoms with E-state index in [9.17, 15) is 9.59 Å². The van der Waals surface area contributed by atoms with E-state index in [2.05, 4.69) is 21.2 Å². The lowest BCUT2D eigenvalue weighted by molar-refractivity contribution is -0.130. The number of likely N-dealkylation sites (N-methyl/N-ethyl adjacent to an activating group) is 1. The van der Waals surface area contributed by atoms with Crippen molar-refractivity contribution in [2.75, 3.05) is 26.2 Å². The van der Waals surface area contributed by atoms with Gasteiger partial charge in [-0.25, -0.2) is 0 Å².